The summed E-state index contributed by atoms with van der Waals surface area (Å²) in [7, 11) is 1.62. The van der Waals surface area contributed by atoms with Gasteiger partial charge in [0.25, 0.3) is 5.91 Å². The Morgan fingerprint density at radius 2 is 1.96 bits per heavy atom. The summed E-state index contributed by atoms with van der Waals surface area (Å²) in [5.74, 6) is 0.597. The normalized spacial score (nSPS) is 16.2. The molecule has 3 aromatic rings. The highest BCUT2D eigenvalue weighted by Gasteiger charge is 2.26. The first-order chi connectivity index (χ1) is 11.7. The largest absolute Gasteiger partial charge is 0.497 e. The van der Waals surface area contributed by atoms with Gasteiger partial charge in [-0.05, 0) is 36.4 Å². The minimum Gasteiger partial charge on any atom is -0.497 e. The fraction of sp³-hybridized carbons (Fsp3) is 0.111. The minimum absolute atomic E-state index is 0.142. The summed E-state index contributed by atoms with van der Waals surface area (Å²) in [5, 5.41) is 7.45. The van der Waals surface area contributed by atoms with Crippen LogP contribution in [0.3, 0.4) is 0 Å². The Labute approximate surface area is 143 Å². The van der Waals surface area contributed by atoms with Gasteiger partial charge in [0.15, 0.2) is 0 Å². The lowest BCUT2D eigenvalue weighted by atomic mass is 10.1. The molecule has 5 nitrogen and oxygen atoms in total. The molecule has 0 saturated heterocycles. The van der Waals surface area contributed by atoms with Crippen molar-refractivity contribution in [1.82, 2.24) is 10.3 Å². The first-order valence-corrected chi connectivity index (χ1v) is 7.84. The molecule has 0 radical (unpaired) electrons. The Kier molecular flexibility index (Phi) is 3.50. The quantitative estimate of drug-likeness (QED) is 0.698. The average Bonchev–Trinajstić information content (AvgIpc) is 2.60. The number of ether oxygens (including phenoxy) is 1. The molecule has 2 heterocycles. The van der Waals surface area contributed by atoms with E-state index >= 15 is 0 Å². The van der Waals surface area contributed by atoms with Crippen LogP contribution in [0.4, 0.5) is 5.69 Å². The number of pyridine rings is 1. The number of rotatable bonds is 2. The molecule has 120 valence electrons. The fourth-order valence-corrected chi connectivity index (χ4v) is 3.09. The van der Waals surface area contributed by atoms with E-state index in [9.17, 15) is 4.79 Å². The fourth-order valence-electron chi connectivity index (χ4n) is 2.84. The molecule has 1 aliphatic rings. The van der Waals surface area contributed by atoms with Gasteiger partial charge >= 0.3 is 0 Å². The van der Waals surface area contributed by atoms with E-state index in [1.54, 1.807) is 13.2 Å². The number of nitrogens with zero attached hydrogens (tertiary/aromatic N) is 1. The lowest BCUT2D eigenvalue weighted by Crippen LogP contribution is -2.38. The number of benzene rings is 2. The second kappa shape index (κ2) is 5.69. The molecule has 0 aliphatic carbocycles. The molecule has 1 unspecified atom stereocenters. The molecule has 0 fully saturated rings. The summed E-state index contributed by atoms with van der Waals surface area (Å²) in [6.45, 7) is 0. The molecule has 6 heteroatoms. The van der Waals surface area contributed by atoms with Crippen LogP contribution < -0.4 is 15.4 Å². The van der Waals surface area contributed by atoms with E-state index in [2.05, 4.69) is 15.6 Å². The van der Waals surface area contributed by atoms with Crippen LogP contribution in [0.15, 0.2) is 48.5 Å². The zero-order chi connectivity index (χ0) is 16.7. The zero-order valence-electron chi connectivity index (χ0n) is 12.8. The number of carbonyl (C=O) groups excluding carboxylic acids is 1. The Morgan fingerprint density at radius 1 is 1.12 bits per heavy atom. The Bertz CT molecular complexity index is 958. The van der Waals surface area contributed by atoms with E-state index in [1.165, 1.54) is 0 Å². The molecular formula is C18H14ClN3O2. The predicted octanol–water partition coefficient (Wildman–Crippen LogP) is 3.75. The third-order valence-corrected chi connectivity index (χ3v) is 4.36. The second-order valence-corrected chi connectivity index (χ2v) is 5.88. The Hall–Kier alpha value is -2.79. The topological polar surface area (TPSA) is 63.2 Å². The van der Waals surface area contributed by atoms with Crippen molar-refractivity contribution in [3.05, 3.63) is 64.8 Å². The van der Waals surface area contributed by atoms with Crippen molar-refractivity contribution in [2.24, 2.45) is 0 Å². The predicted molar refractivity (Wildman–Crippen MR) is 93.6 cm³/mol. The van der Waals surface area contributed by atoms with Crippen molar-refractivity contribution in [3.63, 3.8) is 0 Å². The maximum Gasteiger partial charge on any atom is 0.255 e. The number of hydrogen-bond acceptors (Lipinski definition) is 4. The first kappa shape index (κ1) is 14.8. The number of methoxy groups -OCH3 is 1. The third kappa shape index (κ3) is 2.43. The van der Waals surface area contributed by atoms with Crippen molar-refractivity contribution >= 4 is 34.1 Å². The number of fused-ring (bicyclic) bond motifs is 2. The molecule has 0 bridgehead atoms. The maximum atomic E-state index is 12.3. The number of carbonyl (C=O) groups is 1. The number of para-hydroxylation sites is 1. The van der Waals surface area contributed by atoms with Crippen molar-refractivity contribution in [2.45, 2.75) is 6.17 Å². The number of nitrogens with one attached hydrogen (secondary N) is 2. The summed E-state index contributed by atoms with van der Waals surface area (Å²) >= 11 is 6.35. The van der Waals surface area contributed by atoms with Crippen LogP contribution in [0.5, 0.6) is 5.75 Å². The van der Waals surface area contributed by atoms with Crippen molar-refractivity contribution in [1.29, 1.82) is 0 Å². The van der Waals surface area contributed by atoms with Gasteiger partial charge in [-0.2, -0.15) is 0 Å². The number of aromatic nitrogens is 1. The number of halogens is 1. The van der Waals surface area contributed by atoms with Crippen molar-refractivity contribution in [2.75, 3.05) is 12.4 Å². The summed E-state index contributed by atoms with van der Waals surface area (Å²) in [6.07, 6.45) is -0.442. The van der Waals surface area contributed by atoms with Gasteiger partial charge in [-0.1, -0.05) is 23.7 Å². The van der Waals surface area contributed by atoms with E-state index in [1.807, 2.05) is 42.5 Å². The van der Waals surface area contributed by atoms with Gasteiger partial charge in [0.1, 0.15) is 17.1 Å². The highest BCUT2D eigenvalue weighted by atomic mass is 35.5. The Balaban J connectivity index is 1.79. The monoisotopic (exact) mass is 339 g/mol. The Morgan fingerprint density at radius 3 is 2.79 bits per heavy atom. The molecular weight excluding hydrogens is 326 g/mol. The van der Waals surface area contributed by atoms with E-state index in [4.69, 9.17) is 16.3 Å². The van der Waals surface area contributed by atoms with Crippen LogP contribution in [-0.2, 0) is 0 Å². The molecule has 1 amide bonds. The smallest absolute Gasteiger partial charge is 0.255 e. The average molecular weight is 340 g/mol. The van der Waals surface area contributed by atoms with Gasteiger partial charge in [-0.25, -0.2) is 4.98 Å². The summed E-state index contributed by atoms with van der Waals surface area (Å²) in [6, 6.07) is 14.9. The second-order valence-electron chi connectivity index (χ2n) is 5.52. The summed E-state index contributed by atoms with van der Waals surface area (Å²) in [4.78, 5) is 16.7. The van der Waals surface area contributed by atoms with Gasteiger partial charge in [0.2, 0.25) is 0 Å². The third-order valence-electron chi connectivity index (χ3n) is 4.06. The molecule has 1 aliphatic heterocycles. The molecule has 4 rings (SSSR count). The highest BCUT2D eigenvalue weighted by Crippen LogP contribution is 2.32. The summed E-state index contributed by atoms with van der Waals surface area (Å²) in [5.41, 5.74) is 2.86. The molecule has 1 aromatic heterocycles. The van der Waals surface area contributed by atoms with E-state index < -0.39 is 6.17 Å². The van der Waals surface area contributed by atoms with Gasteiger partial charge in [-0.3, -0.25) is 4.79 Å². The standard InChI is InChI=1S/C18H14ClN3O2/c1-24-11-6-7-14-10(8-11)9-13(16(19)20-14)17-21-15-5-3-2-4-12(15)18(23)22-17/h2-9,17,21H,1H3,(H,22,23). The molecule has 0 saturated carbocycles. The lowest BCUT2D eigenvalue weighted by molar-refractivity contribution is 0.0935. The molecule has 1 atom stereocenters. The first-order valence-electron chi connectivity index (χ1n) is 7.46. The maximum absolute atomic E-state index is 12.3. The molecule has 2 aromatic carbocycles. The van der Waals surface area contributed by atoms with Crippen LogP contribution in [0, 0.1) is 0 Å². The molecule has 0 spiro atoms. The number of anilines is 1. The highest BCUT2D eigenvalue weighted by molar-refractivity contribution is 6.30. The zero-order valence-corrected chi connectivity index (χ0v) is 13.6. The van der Waals surface area contributed by atoms with Gasteiger partial charge in [-0.15, -0.1) is 0 Å². The van der Waals surface area contributed by atoms with Crippen LogP contribution in [-0.4, -0.2) is 18.0 Å². The lowest BCUT2D eigenvalue weighted by Gasteiger charge is -2.28. The van der Waals surface area contributed by atoms with Crippen molar-refractivity contribution < 1.29 is 9.53 Å². The minimum atomic E-state index is -0.442. The van der Waals surface area contributed by atoms with Crippen LogP contribution in [0.1, 0.15) is 22.1 Å². The molecule has 2 N–H and O–H groups in total. The van der Waals surface area contributed by atoms with Gasteiger partial charge < -0.3 is 15.4 Å². The van der Waals surface area contributed by atoms with E-state index in [0.29, 0.717) is 16.3 Å². The van der Waals surface area contributed by atoms with Crippen LogP contribution >= 0.6 is 11.6 Å². The summed E-state index contributed by atoms with van der Waals surface area (Å²) < 4.78 is 5.26. The van der Waals surface area contributed by atoms with Gasteiger partial charge in [0.05, 0.1) is 18.2 Å². The van der Waals surface area contributed by atoms with Crippen LogP contribution in [0.2, 0.25) is 5.15 Å². The number of hydrogen-bond donors (Lipinski definition) is 2. The van der Waals surface area contributed by atoms with E-state index in [0.717, 1.165) is 22.3 Å². The van der Waals surface area contributed by atoms with E-state index in [-0.39, 0.29) is 5.91 Å². The van der Waals surface area contributed by atoms with Gasteiger partial charge in [0, 0.05) is 16.6 Å². The SMILES string of the molecule is COc1ccc2nc(Cl)c(C3NC(=O)c4ccccc4N3)cc2c1. The van der Waals surface area contributed by atoms with Crippen LogP contribution in [0.25, 0.3) is 10.9 Å². The molecule has 24 heavy (non-hydrogen) atoms. The van der Waals surface area contributed by atoms with Crippen molar-refractivity contribution in [3.8, 4) is 5.75 Å². The number of amides is 1.